The minimum Gasteiger partial charge on any atom is -0.475 e. The van der Waals surface area contributed by atoms with E-state index in [0.717, 1.165) is 19.7 Å². The lowest BCUT2D eigenvalue weighted by atomic mass is 10.2. The molecule has 0 bridgehead atoms. The van der Waals surface area contributed by atoms with Gasteiger partial charge in [-0.15, -0.1) is 0 Å². The van der Waals surface area contributed by atoms with Crippen LogP contribution >= 0.6 is 0 Å². The fourth-order valence-electron chi connectivity index (χ4n) is 0.573. The lowest BCUT2D eigenvalue weighted by Gasteiger charge is -2.26. The van der Waals surface area contributed by atoms with Crippen LogP contribution in [0.5, 0.6) is 0 Å². The Hall–Kier alpha value is -0.860. The third-order valence-corrected chi connectivity index (χ3v) is 1.42. The Labute approximate surface area is 84.5 Å². The maximum absolute atomic E-state index is 10.6. The second kappa shape index (κ2) is 6.59. The topological polar surface area (TPSA) is 70.6 Å². The van der Waals surface area contributed by atoms with Crippen molar-refractivity contribution in [2.45, 2.75) is 19.1 Å². The van der Waals surface area contributed by atoms with E-state index in [1.807, 2.05) is 6.92 Å². The number of carbonyl (C=O) groups is 1. The number of alkyl halides is 3. The van der Waals surface area contributed by atoms with Gasteiger partial charge in [0, 0.05) is 13.1 Å². The second-order valence-corrected chi connectivity index (χ2v) is 2.71. The third-order valence-electron chi connectivity index (χ3n) is 1.42. The number of carboxylic acids is 1. The zero-order valence-electron chi connectivity index (χ0n) is 8.10. The van der Waals surface area contributed by atoms with Crippen LogP contribution in [0.15, 0.2) is 0 Å². The highest BCUT2D eigenvalue weighted by molar-refractivity contribution is 5.73. The fourth-order valence-corrected chi connectivity index (χ4v) is 0.573. The Morgan fingerprint density at radius 3 is 2.27 bits per heavy atom. The van der Waals surface area contributed by atoms with Crippen molar-refractivity contribution in [3.8, 4) is 0 Å². The molecule has 1 heterocycles. The van der Waals surface area contributed by atoms with E-state index >= 15 is 0 Å². The number of carboxylic acid groups (broad SMARTS) is 1. The molecule has 0 aliphatic carbocycles. The van der Waals surface area contributed by atoms with E-state index in [9.17, 15) is 13.2 Å². The molecule has 0 aromatic heterocycles. The van der Waals surface area contributed by atoms with E-state index in [0.29, 0.717) is 6.04 Å². The average Bonchev–Trinajstić information content (AvgIpc) is 2.01. The molecule has 0 radical (unpaired) electrons. The highest BCUT2D eigenvalue weighted by Gasteiger charge is 2.38. The van der Waals surface area contributed by atoms with Gasteiger partial charge in [-0.05, 0) is 6.92 Å². The van der Waals surface area contributed by atoms with Crippen molar-refractivity contribution in [2.24, 2.45) is 0 Å². The first-order valence-electron chi connectivity index (χ1n) is 4.26. The van der Waals surface area contributed by atoms with Crippen LogP contribution in [0.3, 0.4) is 0 Å². The van der Waals surface area contributed by atoms with Crippen LogP contribution in [0, 0.1) is 0 Å². The molecule has 15 heavy (non-hydrogen) atoms. The highest BCUT2D eigenvalue weighted by Crippen LogP contribution is 2.13. The summed E-state index contributed by atoms with van der Waals surface area (Å²) in [4.78, 5) is 13.8. The molecule has 0 unspecified atom stereocenters. The molecule has 5 nitrogen and oxygen atoms in total. The molecule has 0 amide bonds. The van der Waals surface area contributed by atoms with Gasteiger partial charge in [-0.3, -0.25) is 0 Å². The fraction of sp³-hybridized carbons (Fsp3) is 0.857. The summed E-state index contributed by atoms with van der Waals surface area (Å²) in [6.07, 6.45) is -5.08. The first kappa shape index (κ1) is 14.1. The first-order chi connectivity index (χ1) is 6.88. The summed E-state index contributed by atoms with van der Waals surface area (Å²) in [6, 6.07) is 0.551. The maximum Gasteiger partial charge on any atom is 0.490 e. The van der Waals surface area contributed by atoms with E-state index in [1.165, 1.54) is 0 Å². The number of rotatable bonds is 3. The van der Waals surface area contributed by atoms with Crippen molar-refractivity contribution in [2.75, 3.05) is 19.7 Å². The Kier molecular flexibility index (Phi) is 6.21. The molecular weight excluding hydrogens is 217 g/mol. The number of hydrogen-bond acceptors (Lipinski definition) is 4. The van der Waals surface area contributed by atoms with Gasteiger partial charge in [-0.1, -0.05) is 0 Å². The van der Waals surface area contributed by atoms with Crippen LogP contribution in [0.1, 0.15) is 6.92 Å². The molecule has 3 N–H and O–H groups in total. The minimum atomic E-state index is -5.08. The Morgan fingerprint density at radius 1 is 1.60 bits per heavy atom. The normalized spacial score (nSPS) is 16.3. The quantitative estimate of drug-likeness (QED) is 0.601. The molecule has 0 aromatic rings. The van der Waals surface area contributed by atoms with Crippen molar-refractivity contribution in [1.29, 1.82) is 0 Å². The van der Waals surface area contributed by atoms with Crippen molar-refractivity contribution >= 4 is 5.97 Å². The molecule has 90 valence electrons. The van der Waals surface area contributed by atoms with E-state index in [2.05, 4.69) is 10.8 Å². The zero-order chi connectivity index (χ0) is 11.9. The molecule has 1 aliphatic heterocycles. The average molecular weight is 230 g/mol. The van der Waals surface area contributed by atoms with E-state index in [1.54, 1.807) is 0 Å². The molecule has 1 aliphatic rings. The molecule has 8 heteroatoms. The summed E-state index contributed by atoms with van der Waals surface area (Å²) in [5.41, 5.74) is 2.91. The lowest BCUT2D eigenvalue weighted by molar-refractivity contribution is -0.192. The molecule has 1 rings (SSSR count). The number of aliphatic carboxylic acids is 1. The lowest BCUT2D eigenvalue weighted by Crippen LogP contribution is -2.55. The predicted molar refractivity (Wildman–Crippen MR) is 45.1 cm³/mol. The SMILES string of the molecule is CCONC1CNC1.O=C(O)C(F)(F)F. The van der Waals surface area contributed by atoms with Crippen LogP contribution in [-0.4, -0.2) is 43.0 Å². The van der Waals surface area contributed by atoms with Crippen molar-refractivity contribution < 1.29 is 27.9 Å². The van der Waals surface area contributed by atoms with Gasteiger partial charge in [0.15, 0.2) is 0 Å². The van der Waals surface area contributed by atoms with Crippen LogP contribution in [0.4, 0.5) is 13.2 Å². The zero-order valence-corrected chi connectivity index (χ0v) is 8.10. The van der Waals surface area contributed by atoms with Gasteiger partial charge in [-0.2, -0.15) is 18.7 Å². The van der Waals surface area contributed by atoms with Gasteiger partial charge in [-0.25, -0.2) is 4.79 Å². The monoisotopic (exact) mass is 230 g/mol. The maximum atomic E-state index is 10.6. The molecule has 0 saturated carbocycles. The van der Waals surface area contributed by atoms with E-state index in [4.69, 9.17) is 14.7 Å². The number of halogens is 3. The van der Waals surface area contributed by atoms with Gasteiger partial charge in [0.2, 0.25) is 0 Å². The standard InChI is InChI=1S/C5H12N2O.C2HF3O2/c1-2-8-7-5-3-6-4-5;3-2(4,5)1(6)7/h5-7H,2-4H2,1H3;(H,6,7). The summed E-state index contributed by atoms with van der Waals surface area (Å²) < 4.78 is 31.7. The van der Waals surface area contributed by atoms with Crippen molar-refractivity contribution in [3.63, 3.8) is 0 Å². The Bertz CT molecular complexity index is 194. The minimum absolute atomic E-state index is 0.551. The summed E-state index contributed by atoms with van der Waals surface area (Å²) in [5, 5.41) is 10.3. The van der Waals surface area contributed by atoms with Gasteiger partial charge in [0.25, 0.3) is 0 Å². The molecule has 0 spiro atoms. The third kappa shape index (κ3) is 7.11. The number of hydrogen-bond donors (Lipinski definition) is 3. The van der Waals surface area contributed by atoms with E-state index < -0.39 is 12.1 Å². The Morgan fingerprint density at radius 2 is 2.07 bits per heavy atom. The van der Waals surface area contributed by atoms with Gasteiger partial charge in [0.05, 0.1) is 12.6 Å². The summed E-state index contributed by atoms with van der Waals surface area (Å²) in [5.74, 6) is -2.76. The van der Waals surface area contributed by atoms with Gasteiger partial charge in [0.1, 0.15) is 0 Å². The Balaban J connectivity index is 0.000000265. The highest BCUT2D eigenvalue weighted by atomic mass is 19.4. The molecule has 0 aromatic carbocycles. The summed E-state index contributed by atoms with van der Waals surface area (Å²) in [7, 11) is 0. The number of nitrogens with one attached hydrogen (secondary N) is 2. The number of hydroxylamine groups is 1. The van der Waals surface area contributed by atoms with E-state index in [-0.39, 0.29) is 0 Å². The largest absolute Gasteiger partial charge is 0.490 e. The van der Waals surface area contributed by atoms with Gasteiger partial charge < -0.3 is 15.3 Å². The van der Waals surface area contributed by atoms with Crippen molar-refractivity contribution in [1.82, 2.24) is 10.8 Å². The summed E-state index contributed by atoms with van der Waals surface area (Å²) in [6.45, 7) is 4.80. The van der Waals surface area contributed by atoms with Crippen molar-refractivity contribution in [3.05, 3.63) is 0 Å². The van der Waals surface area contributed by atoms with Crippen LogP contribution in [0.25, 0.3) is 0 Å². The van der Waals surface area contributed by atoms with Crippen LogP contribution < -0.4 is 10.8 Å². The smallest absolute Gasteiger partial charge is 0.475 e. The van der Waals surface area contributed by atoms with Crippen LogP contribution in [0.2, 0.25) is 0 Å². The molecule has 1 saturated heterocycles. The molecule has 0 atom stereocenters. The summed E-state index contributed by atoms with van der Waals surface area (Å²) >= 11 is 0. The molecular formula is C7H13F3N2O3. The second-order valence-electron chi connectivity index (χ2n) is 2.71. The predicted octanol–water partition coefficient (Wildman–Crippen LogP) is 0.133. The van der Waals surface area contributed by atoms with Gasteiger partial charge >= 0.3 is 12.1 Å². The van der Waals surface area contributed by atoms with Crippen LogP contribution in [-0.2, 0) is 9.63 Å². The molecule has 1 fully saturated rings. The first-order valence-corrected chi connectivity index (χ1v) is 4.26.